The third kappa shape index (κ3) is 4.96. The highest BCUT2D eigenvalue weighted by molar-refractivity contribution is 6.32. The zero-order chi connectivity index (χ0) is 19.9. The maximum absolute atomic E-state index is 12.7. The molecule has 2 heterocycles. The van der Waals surface area contributed by atoms with Crippen LogP contribution in [0.1, 0.15) is 17.1 Å². The van der Waals surface area contributed by atoms with E-state index in [1.165, 1.54) is 11.1 Å². The minimum Gasteiger partial charge on any atom is -0.482 e. The van der Waals surface area contributed by atoms with Crippen LogP contribution in [0.5, 0.6) is 5.75 Å². The molecule has 0 unspecified atom stereocenters. The van der Waals surface area contributed by atoms with Gasteiger partial charge in [-0.05, 0) is 23.8 Å². The molecule has 0 bridgehead atoms. The SMILES string of the molecule is N#Cc1ccc(CN(Cc2nnc(N)o2)C(=O)COc2ccccc2Cl)cn1. The number of para-hydroxylation sites is 1. The van der Waals surface area contributed by atoms with Gasteiger partial charge in [-0.15, -0.1) is 5.10 Å². The second-order valence-corrected chi connectivity index (χ2v) is 6.07. The quantitative estimate of drug-likeness (QED) is 0.640. The third-order valence-corrected chi connectivity index (χ3v) is 3.97. The number of amides is 1. The number of carbonyl (C=O) groups excluding carboxylic acids is 1. The van der Waals surface area contributed by atoms with E-state index in [0.717, 1.165) is 5.56 Å². The molecule has 0 fully saturated rings. The first-order valence-corrected chi connectivity index (χ1v) is 8.51. The molecule has 0 spiro atoms. The van der Waals surface area contributed by atoms with E-state index in [1.807, 2.05) is 6.07 Å². The van der Waals surface area contributed by atoms with Crippen molar-refractivity contribution in [1.29, 1.82) is 5.26 Å². The van der Waals surface area contributed by atoms with Crippen LogP contribution in [-0.2, 0) is 17.9 Å². The van der Waals surface area contributed by atoms with Crippen LogP contribution in [-0.4, -0.2) is 32.6 Å². The Bertz CT molecular complexity index is 999. The number of ether oxygens (including phenoxy) is 1. The molecule has 9 nitrogen and oxygen atoms in total. The van der Waals surface area contributed by atoms with E-state index >= 15 is 0 Å². The maximum Gasteiger partial charge on any atom is 0.312 e. The van der Waals surface area contributed by atoms with Crippen molar-refractivity contribution in [3.8, 4) is 11.8 Å². The molecule has 0 saturated carbocycles. The van der Waals surface area contributed by atoms with Crippen molar-refractivity contribution >= 4 is 23.5 Å². The molecule has 3 rings (SSSR count). The molecule has 28 heavy (non-hydrogen) atoms. The van der Waals surface area contributed by atoms with Crippen molar-refractivity contribution in [3.63, 3.8) is 0 Å². The van der Waals surface area contributed by atoms with Crippen LogP contribution in [0.25, 0.3) is 0 Å². The molecule has 2 aromatic heterocycles. The van der Waals surface area contributed by atoms with E-state index in [-0.39, 0.29) is 43.2 Å². The molecular weight excluding hydrogens is 384 g/mol. The lowest BCUT2D eigenvalue weighted by Crippen LogP contribution is -2.34. The summed E-state index contributed by atoms with van der Waals surface area (Å²) < 4.78 is 10.7. The number of pyridine rings is 1. The van der Waals surface area contributed by atoms with Gasteiger partial charge in [0.15, 0.2) is 6.61 Å². The van der Waals surface area contributed by atoms with Crippen LogP contribution in [0, 0.1) is 11.3 Å². The Labute approximate surface area is 165 Å². The normalized spacial score (nSPS) is 10.3. The zero-order valence-electron chi connectivity index (χ0n) is 14.6. The monoisotopic (exact) mass is 398 g/mol. The molecule has 2 N–H and O–H groups in total. The molecule has 0 saturated heterocycles. The number of benzene rings is 1. The van der Waals surface area contributed by atoms with Gasteiger partial charge < -0.3 is 19.8 Å². The standard InChI is InChI=1S/C18H15ClN6O3/c19-14-3-1-2-4-15(14)27-11-17(26)25(10-16-23-24-18(21)28-16)9-12-5-6-13(7-20)22-8-12/h1-6,8H,9-11H2,(H2,21,24). The Morgan fingerprint density at radius 1 is 1.25 bits per heavy atom. The summed E-state index contributed by atoms with van der Waals surface area (Å²) in [6.45, 7) is -0.00230. The van der Waals surface area contributed by atoms with E-state index in [2.05, 4.69) is 15.2 Å². The van der Waals surface area contributed by atoms with E-state index in [9.17, 15) is 4.79 Å². The summed E-state index contributed by atoms with van der Waals surface area (Å²) in [5.74, 6) is 0.255. The number of halogens is 1. The van der Waals surface area contributed by atoms with E-state index in [4.69, 9.17) is 31.8 Å². The van der Waals surface area contributed by atoms with Crippen LogP contribution in [0.2, 0.25) is 5.02 Å². The molecule has 10 heteroatoms. The van der Waals surface area contributed by atoms with Gasteiger partial charge in [-0.3, -0.25) is 4.79 Å². The average molecular weight is 399 g/mol. The van der Waals surface area contributed by atoms with Gasteiger partial charge in [0, 0.05) is 12.7 Å². The van der Waals surface area contributed by atoms with Crippen molar-refractivity contribution in [3.05, 3.63) is 64.8 Å². The first-order valence-electron chi connectivity index (χ1n) is 8.13. The Morgan fingerprint density at radius 3 is 2.71 bits per heavy atom. The Morgan fingerprint density at radius 2 is 2.07 bits per heavy atom. The fraction of sp³-hybridized carbons (Fsp3) is 0.167. The van der Waals surface area contributed by atoms with E-state index in [0.29, 0.717) is 10.8 Å². The highest BCUT2D eigenvalue weighted by Crippen LogP contribution is 2.23. The summed E-state index contributed by atoms with van der Waals surface area (Å²) in [4.78, 5) is 18.2. The van der Waals surface area contributed by atoms with E-state index < -0.39 is 0 Å². The van der Waals surface area contributed by atoms with Gasteiger partial charge in [-0.1, -0.05) is 34.9 Å². The molecule has 0 aliphatic rings. The smallest absolute Gasteiger partial charge is 0.312 e. The number of nitrogen functional groups attached to an aromatic ring is 1. The topological polar surface area (TPSA) is 131 Å². The zero-order valence-corrected chi connectivity index (χ0v) is 15.3. The summed E-state index contributed by atoms with van der Waals surface area (Å²) in [7, 11) is 0. The number of nitriles is 1. The minimum absolute atomic E-state index is 0.0366. The molecule has 1 aromatic carbocycles. The van der Waals surface area contributed by atoms with Crippen molar-refractivity contribution < 1.29 is 13.9 Å². The predicted octanol–water partition coefficient (Wildman–Crippen LogP) is 2.18. The summed E-state index contributed by atoms with van der Waals surface area (Å²) in [6, 6.07) is 12.0. The van der Waals surface area contributed by atoms with Gasteiger partial charge in [0.05, 0.1) is 11.6 Å². The van der Waals surface area contributed by atoms with Crippen molar-refractivity contribution in [2.24, 2.45) is 0 Å². The van der Waals surface area contributed by atoms with Gasteiger partial charge in [-0.25, -0.2) is 4.98 Å². The lowest BCUT2D eigenvalue weighted by molar-refractivity contribution is -0.135. The van der Waals surface area contributed by atoms with Crippen molar-refractivity contribution in [1.82, 2.24) is 20.1 Å². The Balaban J connectivity index is 1.73. The maximum atomic E-state index is 12.7. The first-order chi connectivity index (χ1) is 13.5. The molecule has 142 valence electrons. The van der Waals surface area contributed by atoms with Crippen molar-refractivity contribution in [2.45, 2.75) is 13.1 Å². The largest absolute Gasteiger partial charge is 0.482 e. The predicted molar refractivity (Wildman–Crippen MR) is 98.9 cm³/mol. The number of hydrogen-bond acceptors (Lipinski definition) is 8. The molecule has 0 atom stereocenters. The van der Waals surface area contributed by atoms with Crippen LogP contribution < -0.4 is 10.5 Å². The second kappa shape index (κ2) is 8.83. The lowest BCUT2D eigenvalue weighted by atomic mass is 10.2. The fourth-order valence-corrected chi connectivity index (χ4v) is 2.51. The van der Waals surface area contributed by atoms with Crippen LogP contribution >= 0.6 is 11.6 Å². The Hall–Kier alpha value is -3.64. The first kappa shape index (κ1) is 19.1. The molecule has 3 aromatic rings. The highest BCUT2D eigenvalue weighted by Gasteiger charge is 2.19. The average Bonchev–Trinajstić information content (AvgIpc) is 3.12. The van der Waals surface area contributed by atoms with E-state index in [1.54, 1.807) is 36.4 Å². The molecular formula is C18H15ClN6O3. The summed E-state index contributed by atoms with van der Waals surface area (Å²) in [6.07, 6.45) is 1.52. The molecule has 0 aliphatic carbocycles. The van der Waals surface area contributed by atoms with Gasteiger partial charge in [0.25, 0.3) is 5.91 Å². The Kier molecular flexibility index (Phi) is 6.04. The number of hydrogen-bond donors (Lipinski definition) is 1. The summed E-state index contributed by atoms with van der Waals surface area (Å²) in [5.41, 5.74) is 6.45. The molecule has 1 amide bonds. The van der Waals surface area contributed by atoms with Crippen LogP contribution in [0.3, 0.4) is 0 Å². The number of anilines is 1. The number of nitrogens with two attached hydrogens (primary N) is 1. The third-order valence-electron chi connectivity index (χ3n) is 3.66. The molecule has 0 aliphatic heterocycles. The number of rotatable bonds is 7. The van der Waals surface area contributed by atoms with Gasteiger partial charge in [0.2, 0.25) is 5.89 Å². The number of aromatic nitrogens is 3. The van der Waals surface area contributed by atoms with Crippen LogP contribution in [0.15, 0.2) is 47.0 Å². The van der Waals surface area contributed by atoms with Gasteiger partial charge in [-0.2, -0.15) is 5.26 Å². The van der Waals surface area contributed by atoms with Crippen LogP contribution in [0.4, 0.5) is 6.01 Å². The van der Waals surface area contributed by atoms with Gasteiger partial charge >= 0.3 is 6.01 Å². The number of nitrogens with zero attached hydrogens (tertiary/aromatic N) is 5. The summed E-state index contributed by atoms with van der Waals surface area (Å²) >= 11 is 6.05. The second-order valence-electron chi connectivity index (χ2n) is 5.67. The fourth-order valence-electron chi connectivity index (χ4n) is 2.32. The van der Waals surface area contributed by atoms with Gasteiger partial charge in [0.1, 0.15) is 17.5 Å². The number of carbonyl (C=O) groups is 1. The highest BCUT2D eigenvalue weighted by atomic mass is 35.5. The lowest BCUT2D eigenvalue weighted by Gasteiger charge is -2.21. The van der Waals surface area contributed by atoms with Crippen molar-refractivity contribution in [2.75, 3.05) is 12.3 Å². The minimum atomic E-state index is -0.332. The summed E-state index contributed by atoms with van der Waals surface area (Å²) in [5, 5.41) is 16.6. The molecule has 0 radical (unpaired) electrons.